The fourth-order valence-electron chi connectivity index (χ4n) is 1.95. The van der Waals surface area contributed by atoms with E-state index >= 15 is 0 Å². The molecule has 0 radical (unpaired) electrons. The molecule has 1 aliphatic rings. The molecule has 6 heteroatoms. The van der Waals surface area contributed by atoms with Crippen LogP contribution < -0.4 is 5.32 Å². The molecule has 0 saturated carbocycles. The normalized spacial score (nSPS) is 18.7. The number of aromatic nitrogens is 1. The number of carboxylic acids is 1. The number of urea groups is 1. The average molecular weight is 249 g/mol. The Morgan fingerprint density at radius 3 is 2.89 bits per heavy atom. The third-order valence-corrected chi connectivity index (χ3v) is 2.95. The van der Waals surface area contributed by atoms with Crippen LogP contribution in [0, 0.1) is 12.8 Å². The number of carbonyl (C=O) groups is 2. The molecule has 1 aromatic heterocycles. The molecule has 0 spiro atoms. The molecule has 1 aromatic rings. The Bertz CT molecular complexity index is 475. The summed E-state index contributed by atoms with van der Waals surface area (Å²) in [6.45, 7) is 2.56. The Morgan fingerprint density at radius 2 is 2.28 bits per heavy atom. The zero-order chi connectivity index (χ0) is 13.1. The van der Waals surface area contributed by atoms with Crippen molar-refractivity contribution in [3.05, 3.63) is 23.9 Å². The minimum absolute atomic E-state index is 0.257. The van der Waals surface area contributed by atoms with Crippen molar-refractivity contribution < 1.29 is 14.7 Å². The SMILES string of the molecule is Cc1cccc(NC(=O)N2CCC(C(=O)O)C2)n1. The lowest BCUT2D eigenvalue weighted by Gasteiger charge is -2.16. The Kier molecular flexibility index (Phi) is 3.45. The second kappa shape index (κ2) is 5.03. The van der Waals surface area contributed by atoms with Crippen molar-refractivity contribution >= 4 is 17.8 Å². The van der Waals surface area contributed by atoms with Gasteiger partial charge in [0, 0.05) is 18.8 Å². The van der Waals surface area contributed by atoms with Gasteiger partial charge in [0.15, 0.2) is 0 Å². The maximum absolute atomic E-state index is 11.9. The number of aryl methyl sites for hydroxylation is 1. The summed E-state index contributed by atoms with van der Waals surface area (Å²) in [5.41, 5.74) is 0.817. The number of likely N-dealkylation sites (tertiary alicyclic amines) is 1. The molecule has 18 heavy (non-hydrogen) atoms. The monoisotopic (exact) mass is 249 g/mol. The molecule has 0 bridgehead atoms. The number of nitrogens with one attached hydrogen (secondary N) is 1. The van der Waals surface area contributed by atoms with E-state index in [1.54, 1.807) is 6.07 Å². The van der Waals surface area contributed by atoms with Crippen molar-refractivity contribution in [1.82, 2.24) is 9.88 Å². The average Bonchev–Trinajstić information content (AvgIpc) is 2.78. The van der Waals surface area contributed by atoms with Crippen LogP contribution in [-0.4, -0.2) is 40.1 Å². The van der Waals surface area contributed by atoms with Gasteiger partial charge in [0.2, 0.25) is 0 Å². The number of aliphatic carboxylic acids is 1. The predicted molar refractivity (Wildman–Crippen MR) is 65.3 cm³/mol. The molecule has 0 aliphatic carbocycles. The number of hydrogen-bond acceptors (Lipinski definition) is 3. The number of pyridine rings is 1. The van der Waals surface area contributed by atoms with Crippen LogP contribution in [0.3, 0.4) is 0 Å². The standard InChI is InChI=1S/C12H15N3O3/c1-8-3-2-4-10(13-8)14-12(18)15-6-5-9(7-15)11(16)17/h2-4,9H,5-7H2,1H3,(H,16,17)(H,13,14,18). The molecular weight excluding hydrogens is 234 g/mol. The minimum atomic E-state index is -0.848. The quantitative estimate of drug-likeness (QED) is 0.828. The number of rotatable bonds is 2. The van der Waals surface area contributed by atoms with Crippen LogP contribution in [0.5, 0.6) is 0 Å². The van der Waals surface area contributed by atoms with E-state index in [4.69, 9.17) is 5.11 Å². The summed E-state index contributed by atoms with van der Waals surface area (Å²) in [7, 11) is 0. The zero-order valence-electron chi connectivity index (χ0n) is 10.1. The highest BCUT2D eigenvalue weighted by Gasteiger charge is 2.30. The molecule has 0 aromatic carbocycles. The van der Waals surface area contributed by atoms with E-state index in [0.29, 0.717) is 18.8 Å². The van der Waals surface area contributed by atoms with E-state index in [2.05, 4.69) is 10.3 Å². The van der Waals surface area contributed by atoms with E-state index in [9.17, 15) is 9.59 Å². The Balaban J connectivity index is 1.95. The lowest BCUT2D eigenvalue weighted by molar-refractivity contribution is -0.141. The summed E-state index contributed by atoms with van der Waals surface area (Å²) in [4.78, 5) is 28.3. The topological polar surface area (TPSA) is 82.5 Å². The Morgan fingerprint density at radius 1 is 1.50 bits per heavy atom. The van der Waals surface area contributed by atoms with Crippen LogP contribution in [0.1, 0.15) is 12.1 Å². The fraction of sp³-hybridized carbons (Fsp3) is 0.417. The van der Waals surface area contributed by atoms with E-state index < -0.39 is 11.9 Å². The first-order valence-corrected chi connectivity index (χ1v) is 5.78. The summed E-state index contributed by atoms with van der Waals surface area (Å²) < 4.78 is 0. The highest BCUT2D eigenvalue weighted by atomic mass is 16.4. The number of nitrogens with zero attached hydrogens (tertiary/aromatic N) is 2. The molecule has 96 valence electrons. The van der Waals surface area contributed by atoms with Crippen LogP contribution in [0.2, 0.25) is 0 Å². The van der Waals surface area contributed by atoms with Crippen LogP contribution in [0.25, 0.3) is 0 Å². The molecule has 1 saturated heterocycles. The van der Waals surface area contributed by atoms with Crippen molar-refractivity contribution in [2.75, 3.05) is 18.4 Å². The number of carboxylic acid groups (broad SMARTS) is 1. The number of anilines is 1. The maximum atomic E-state index is 11.9. The molecule has 2 rings (SSSR count). The summed E-state index contributed by atoms with van der Waals surface area (Å²) >= 11 is 0. The molecule has 2 heterocycles. The molecule has 1 fully saturated rings. The van der Waals surface area contributed by atoms with Gasteiger partial charge in [-0.05, 0) is 25.5 Å². The van der Waals surface area contributed by atoms with Gasteiger partial charge >= 0.3 is 12.0 Å². The third kappa shape index (κ3) is 2.77. The van der Waals surface area contributed by atoms with Gasteiger partial charge < -0.3 is 10.0 Å². The molecular formula is C12H15N3O3. The van der Waals surface area contributed by atoms with Gasteiger partial charge in [0.05, 0.1) is 5.92 Å². The van der Waals surface area contributed by atoms with Crippen molar-refractivity contribution in [3.8, 4) is 0 Å². The van der Waals surface area contributed by atoms with Gasteiger partial charge in [-0.3, -0.25) is 10.1 Å². The second-order valence-electron chi connectivity index (χ2n) is 4.36. The summed E-state index contributed by atoms with van der Waals surface area (Å²) in [6, 6.07) is 5.06. The molecule has 2 amide bonds. The third-order valence-electron chi connectivity index (χ3n) is 2.95. The first-order chi connectivity index (χ1) is 8.56. The molecule has 2 N–H and O–H groups in total. The smallest absolute Gasteiger partial charge is 0.323 e. The molecule has 1 atom stereocenters. The van der Waals surface area contributed by atoms with Crippen molar-refractivity contribution in [2.45, 2.75) is 13.3 Å². The van der Waals surface area contributed by atoms with Gasteiger partial charge in [-0.1, -0.05) is 6.07 Å². The van der Waals surface area contributed by atoms with Crippen LogP contribution >= 0.6 is 0 Å². The van der Waals surface area contributed by atoms with Crippen molar-refractivity contribution in [2.24, 2.45) is 5.92 Å². The summed E-state index contributed by atoms with van der Waals surface area (Å²) in [5, 5.41) is 11.5. The summed E-state index contributed by atoms with van der Waals surface area (Å²) in [6.07, 6.45) is 0.504. The van der Waals surface area contributed by atoms with Crippen molar-refractivity contribution in [3.63, 3.8) is 0 Å². The lowest BCUT2D eigenvalue weighted by Crippen LogP contribution is -2.34. The highest BCUT2D eigenvalue weighted by Crippen LogP contribution is 2.17. The highest BCUT2D eigenvalue weighted by molar-refractivity contribution is 5.89. The number of hydrogen-bond donors (Lipinski definition) is 2. The Labute approximate surface area is 105 Å². The minimum Gasteiger partial charge on any atom is -0.481 e. The summed E-state index contributed by atoms with van der Waals surface area (Å²) in [5.74, 6) is -0.820. The second-order valence-corrected chi connectivity index (χ2v) is 4.36. The predicted octanol–water partition coefficient (Wildman–Crippen LogP) is 1.33. The number of amides is 2. The Hall–Kier alpha value is -2.11. The molecule has 6 nitrogen and oxygen atoms in total. The number of carbonyl (C=O) groups excluding carboxylic acids is 1. The van der Waals surface area contributed by atoms with E-state index in [0.717, 1.165) is 5.69 Å². The van der Waals surface area contributed by atoms with Gasteiger partial charge in [-0.25, -0.2) is 9.78 Å². The van der Waals surface area contributed by atoms with Gasteiger partial charge in [0.25, 0.3) is 0 Å². The fourth-order valence-corrected chi connectivity index (χ4v) is 1.95. The van der Waals surface area contributed by atoms with Gasteiger partial charge in [0.1, 0.15) is 5.82 Å². The molecule has 1 unspecified atom stereocenters. The van der Waals surface area contributed by atoms with Gasteiger partial charge in [-0.2, -0.15) is 0 Å². The van der Waals surface area contributed by atoms with E-state index in [1.165, 1.54) is 4.90 Å². The maximum Gasteiger partial charge on any atom is 0.323 e. The first kappa shape index (κ1) is 12.3. The van der Waals surface area contributed by atoms with Crippen LogP contribution in [-0.2, 0) is 4.79 Å². The van der Waals surface area contributed by atoms with Crippen LogP contribution in [0.15, 0.2) is 18.2 Å². The zero-order valence-corrected chi connectivity index (χ0v) is 10.1. The molecule has 1 aliphatic heterocycles. The lowest BCUT2D eigenvalue weighted by atomic mass is 10.1. The van der Waals surface area contributed by atoms with E-state index in [-0.39, 0.29) is 12.6 Å². The van der Waals surface area contributed by atoms with Gasteiger partial charge in [-0.15, -0.1) is 0 Å². The largest absolute Gasteiger partial charge is 0.481 e. The van der Waals surface area contributed by atoms with E-state index in [1.807, 2.05) is 19.1 Å². The van der Waals surface area contributed by atoms with Crippen molar-refractivity contribution in [1.29, 1.82) is 0 Å². The van der Waals surface area contributed by atoms with Crippen LogP contribution in [0.4, 0.5) is 10.6 Å². The first-order valence-electron chi connectivity index (χ1n) is 5.78.